The van der Waals surface area contributed by atoms with E-state index in [1.807, 2.05) is 12.3 Å². The van der Waals surface area contributed by atoms with E-state index in [9.17, 15) is 0 Å². The van der Waals surface area contributed by atoms with Gasteiger partial charge in [0.05, 0.1) is 0 Å². The highest BCUT2D eigenvalue weighted by atomic mass is 32.2. The van der Waals surface area contributed by atoms with Gasteiger partial charge in [-0.1, -0.05) is 32.5 Å². The van der Waals surface area contributed by atoms with Gasteiger partial charge in [-0.25, -0.2) is 9.97 Å². The lowest BCUT2D eigenvalue weighted by molar-refractivity contribution is 0.439. The van der Waals surface area contributed by atoms with Crippen LogP contribution in [0.15, 0.2) is 11.2 Å². The molecule has 18 heavy (non-hydrogen) atoms. The SMILES string of the molecule is CCNc1cc(NCC(C)C(C)C)nc(SC)n1. The Kier molecular flexibility index (Phi) is 6.25. The van der Waals surface area contributed by atoms with Gasteiger partial charge in [-0.3, -0.25) is 0 Å². The first-order valence-electron chi connectivity index (χ1n) is 6.47. The van der Waals surface area contributed by atoms with E-state index in [2.05, 4.69) is 48.3 Å². The Morgan fingerprint density at radius 3 is 2.28 bits per heavy atom. The molecule has 5 heteroatoms. The minimum atomic E-state index is 0.625. The second-order valence-corrected chi connectivity index (χ2v) is 5.53. The summed E-state index contributed by atoms with van der Waals surface area (Å²) in [6.45, 7) is 10.6. The molecule has 1 aromatic heterocycles. The van der Waals surface area contributed by atoms with Gasteiger partial charge < -0.3 is 10.6 Å². The Labute approximate surface area is 114 Å². The van der Waals surface area contributed by atoms with Gasteiger partial charge in [0.15, 0.2) is 5.16 Å². The van der Waals surface area contributed by atoms with Crippen LogP contribution in [0.2, 0.25) is 0 Å². The van der Waals surface area contributed by atoms with E-state index in [1.165, 1.54) is 0 Å². The van der Waals surface area contributed by atoms with Crippen molar-refractivity contribution in [3.05, 3.63) is 6.07 Å². The summed E-state index contributed by atoms with van der Waals surface area (Å²) in [5.74, 6) is 3.09. The maximum absolute atomic E-state index is 4.47. The zero-order valence-corrected chi connectivity index (χ0v) is 12.8. The second kappa shape index (κ2) is 7.46. The van der Waals surface area contributed by atoms with Gasteiger partial charge in [0.1, 0.15) is 11.6 Å². The first-order chi connectivity index (χ1) is 8.56. The van der Waals surface area contributed by atoms with Gasteiger partial charge in [0, 0.05) is 19.2 Å². The van der Waals surface area contributed by atoms with Crippen LogP contribution in [0.25, 0.3) is 0 Å². The van der Waals surface area contributed by atoms with Crippen LogP contribution in [0.3, 0.4) is 0 Å². The number of rotatable bonds is 7. The Hall–Kier alpha value is -0.970. The van der Waals surface area contributed by atoms with E-state index in [-0.39, 0.29) is 0 Å². The fourth-order valence-corrected chi connectivity index (χ4v) is 1.76. The van der Waals surface area contributed by atoms with Crippen LogP contribution in [-0.4, -0.2) is 29.3 Å². The number of anilines is 2. The molecule has 1 heterocycles. The summed E-state index contributed by atoms with van der Waals surface area (Å²) in [5.41, 5.74) is 0. The van der Waals surface area contributed by atoms with Crippen molar-refractivity contribution in [1.82, 2.24) is 9.97 Å². The fraction of sp³-hybridized carbons (Fsp3) is 0.692. The van der Waals surface area contributed by atoms with E-state index in [4.69, 9.17) is 0 Å². The zero-order chi connectivity index (χ0) is 13.5. The minimum Gasteiger partial charge on any atom is -0.370 e. The average Bonchev–Trinajstić information content (AvgIpc) is 2.35. The Bertz CT molecular complexity index is 368. The predicted molar refractivity (Wildman–Crippen MR) is 80.5 cm³/mol. The molecule has 0 saturated heterocycles. The number of thioether (sulfide) groups is 1. The molecule has 0 aliphatic rings. The van der Waals surface area contributed by atoms with Crippen molar-refractivity contribution in [2.45, 2.75) is 32.9 Å². The van der Waals surface area contributed by atoms with Gasteiger partial charge in [-0.15, -0.1) is 0 Å². The van der Waals surface area contributed by atoms with Gasteiger partial charge in [-0.05, 0) is 25.0 Å². The van der Waals surface area contributed by atoms with Crippen LogP contribution >= 0.6 is 11.8 Å². The molecule has 0 amide bonds. The molecular weight excluding hydrogens is 244 g/mol. The third kappa shape index (κ3) is 4.72. The van der Waals surface area contributed by atoms with E-state index >= 15 is 0 Å². The van der Waals surface area contributed by atoms with Crippen LogP contribution in [0, 0.1) is 11.8 Å². The molecule has 0 radical (unpaired) electrons. The van der Waals surface area contributed by atoms with Crippen molar-refractivity contribution in [3.8, 4) is 0 Å². The molecule has 2 N–H and O–H groups in total. The highest BCUT2D eigenvalue weighted by molar-refractivity contribution is 7.98. The number of aromatic nitrogens is 2. The summed E-state index contributed by atoms with van der Waals surface area (Å²) in [6.07, 6.45) is 1.99. The van der Waals surface area contributed by atoms with Gasteiger partial charge >= 0.3 is 0 Å². The van der Waals surface area contributed by atoms with Gasteiger partial charge in [0.2, 0.25) is 0 Å². The number of nitrogens with zero attached hydrogens (tertiary/aromatic N) is 2. The number of hydrogen-bond acceptors (Lipinski definition) is 5. The van der Waals surface area contributed by atoms with E-state index in [0.29, 0.717) is 11.8 Å². The Balaban J connectivity index is 2.71. The van der Waals surface area contributed by atoms with Crippen molar-refractivity contribution >= 4 is 23.4 Å². The molecular formula is C13H24N4S. The molecule has 102 valence electrons. The third-order valence-electron chi connectivity index (χ3n) is 2.99. The highest BCUT2D eigenvalue weighted by Gasteiger charge is 2.08. The van der Waals surface area contributed by atoms with Gasteiger partial charge in [0.25, 0.3) is 0 Å². The monoisotopic (exact) mass is 268 g/mol. The van der Waals surface area contributed by atoms with E-state index < -0.39 is 0 Å². The van der Waals surface area contributed by atoms with Crippen LogP contribution in [-0.2, 0) is 0 Å². The predicted octanol–water partition coefficient (Wildman–Crippen LogP) is 3.33. The zero-order valence-electron chi connectivity index (χ0n) is 11.9. The maximum atomic E-state index is 4.47. The van der Waals surface area contributed by atoms with Crippen molar-refractivity contribution in [3.63, 3.8) is 0 Å². The summed E-state index contributed by atoms with van der Waals surface area (Å²) in [6, 6.07) is 1.97. The lowest BCUT2D eigenvalue weighted by Gasteiger charge is -2.17. The normalized spacial score (nSPS) is 12.6. The topological polar surface area (TPSA) is 49.8 Å². The molecule has 0 aliphatic heterocycles. The molecule has 0 aliphatic carbocycles. The molecule has 0 bridgehead atoms. The Morgan fingerprint density at radius 2 is 1.78 bits per heavy atom. The minimum absolute atomic E-state index is 0.625. The number of nitrogens with one attached hydrogen (secondary N) is 2. The van der Waals surface area contributed by atoms with Gasteiger partial charge in [-0.2, -0.15) is 0 Å². The first-order valence-corrected chi connectivity index (χ1v) is 7.70. The fourth-order valence-electron chi connectivity index (χ4n) is 1.38. The van der Waals surface area contributed by atoms with Crippen LogP contribution in [0.1, 0.15) is 27.7 Å². The van der Waals surface area contributed by atoms with E-state index in [1.54, 1.807) is 11.8 Å². The van der Waals surface area contributed by atoms with Crippen LogP contribution < -0.4 is 10.6 Å². The summed E-state index contributed by atoms with van der Waals surface area (Å²) >= 11 is 1.56. The highest BCUT2D eigenvalue weighted by Crippen LogP contribution is 2.18. The van der Waals surface area contributed by atoms with Crippen molar-refractivity contribution in [2.75, 3.05) is 30.0 Å². The molecule has 4 nitrogen and oxygen atoms in total. The average molecular weight is 268 g/mol. The lowest BCUT2D eigenvalue weighted by Crippen LogP contribution is -2.17. The Morgan fingerprint density at radius 1 is 1.17 bits per heavy atom. The van der Waals surface area contributed by atoms with Crippen molar-refractivity contribution < 1.29 is 0 Å². The van der Waals surface area contributed by atoms with Crippen LogP contribution in [0.4, 0.5) is 11.6 Å². The van der Waals surface area contributed by atoms with Crippen molar-refractivity contribution in [2.24, 2.45) is 11.8 Å². The molecule has 1 rings (SSSR count). The molecule has 0 spiro atoms. The number of hydrogen-bond donors (Lipinski definition) is 2. The molecule has 1 atom stereocenters. The third-order valence-corrected chi connectivity index (χ3v) is 3.54. The summed E-state index contributed by atoms with van der Waals surface area (Å²) in [4.78, 5) is 8.87. The van der Waals surface area contributed by atoms with Crippen LogP contribution in [0.5, 0.6) is 0 Å². The molecule has 1 aromatic rings. The maximum Gasteiger partial charge on any atom is 0.191 e. The quantitative estimate of drug-likeness (QED) is 0.587. The second-order valence-electron chi connectivity index (χ2n) is 4.76. The largest absolute Gasteiger partial charge is 0.370 e. The molecule has 1 unspecified atom stereocenters. The molecule has 0 aromatic carbocycles. The van der Waals surface area contributed by atoms with E-state index in [0.717, 1.165) is 29.9 Å². The lowest BCUT2D eigenvalue weighted by atomic mass is 9.98. The van der Waals surface area contributed by atoms with Crippen molar-refractivity contribution in [1.29, 1.82) is 0 Å². The molecule has 0 saturated carbocycles. The standard InChI is InChI=1S/C13H24N4S/c1-6-14-11-7-12(17-13(16-11)18-5)15-8-10(4)9(2)3/h7,9-10H,6,8H2,1-5H3,(H2,14,15,16,17). The smallest absolute Gasteiger partial charge is 0.191 e. The summed E-state index contributed by atoms with van der Waals surface area (Å²) < 4.78 is 0. The summed E-state index contributed by atoms with van der Waals surface area (Å²) in [5, 5.41) is 7.42. The first kappa shape index (κ1) is 15.1. The molecule has 0 fully saturated rings. The summed E-state index contributed by atoms with van der Waals surface area (Å²) in [7, 11) is 0.